The van der Waals surface area contributed by atoms with Crippen LogP contribution in [0.3, 0.4) is 0 Å². The normalized spacial score (nSPS) is 10.1. The summed E-state index contributed by atoms with van der Waals surface area (Å²) in [6, 6.07) is 10.3. The molecule has 70 valence electrons. The van der Waals surface area contributed by atoms with Crippen LogP contribution in [0.15, 0.2) is 36.5 Å². The molecule has 0 saturated heterocycles. The third-order valence-electron chi connectivity index (χ3n) is 2.06. The first-order valence-electron chi connectivity index (χ1n) is 4.53. The van der Waals surface area contributed by atoms with Crippen molar-refractivity contribution in [3.05, 3.63) is 53.3 Å². The van der Waals surface area contributed by atoms with Gasteiger partial charge in [-0.3, -0.25) is 0 Å². The Morgan fingerprint density at radius 3 is 2.50 bits per heavy atom. The molecule has 0 bridgehead atoms. The predicted octanol–water partition coefficient (Wildman–Crippen LogP) is 1.77. The van der Waals surface area contributed by atoms with E-state index in [1.165, 1.54) is 11.1 Å². The van der Waals surface area contributed by atoms with Crippen molar-refractivity contribution in [2.45, 2.75) is 13.3 Å². The van der Waals surface area contributed by atoms with Crippen molar-refractivity contribution in [2.75, 3.05) is 0 Å². The van der Waals surface area contributed by atoms with Gasteiger partial charge in [-0.2, -0.15) is 0 Å². The lowest BCUT2D eigenvalue weighted by molar-refractivity contribution is 0.820. The molecule has 0 N–H and O–H groups in total. The second-order valence-corrected chi connectivity index (χ2v) is 3.27. The molecule has 1 heterocycles. The predicted molar refractivity (Wildman–Crippen MR) is 53.8 cm³/mol. The molecule has 0 unspecified atom stereocenters. The monoisotopic (exact) mass is 185 g/mol. The molecular formula is C11H11N3. The van der Waals surface area contributed by atoms with Crippen molar-refractivity contribution in [1.82, 2.24) is 15.4 Å². The minimum atomic E-state index is 0.815. The molecule has 0 saturated carbocycles. The zero-order chi connectivity index (χ0) is 9.80. The van der Waals surface area contributed by atoms with E-state index in [1.807, 2.05) is 6.07 Å². The second kappa shape index (κ2) is 3.96. The van der Waals surface area contributed by atoms with Crippen LogP contribution in [0, 0.1) is 6.92 Å². The summed E-state index contributed by atoms with van der Waals surface area (Å²) in [5.74, 6) is 0. The van der Waals surface area contributed by atoms with Gasteiger partial charge in [-0.15, -0.1) is 10.2 Å². The van der Waals surface area contributed by atoms with Gasteiger partial charge in [0.05, 0.1) is 11.9 Å². The van der Waals surface area contributed by atoms with Crippen LogP contribution in [0.5, 0.6) is 0 Å². The smallest absolute Gasteiger partial charge is 0.0708 e. The molecule has 0 fully saturated rings. The molecule has 0 aliphatic rings. The molecular weight excluding hydrogens is 174 g/mol. The van der Waals surface area contributed by atoms with Crippen LogP contribution < -0.4 is 0 Å². The first kappa shape index (κ1) is 8.81. The van der Waals surface area contributed by atoms with Crippen molar-refractivity contribution >= 4 is 0 Å². The molecule has 0 amide bonds. The van der Waals surface area contributed by atoms with Crippen LogP contribution in [0.4, 0.5) is 0 Å². The number of benzene rings is 1. The highest BCUT2D eigenvalue weighted by molar-refractivity contribution is 5.24. The van der Waals surface area contributed by atoms with Gasteiger partial charge >= 0.3 is 0 Å². The van der Waals surface area contributed by atoms with Crippen LogP contribution in [0.1, 0.15) is 16.8 Å². The summed E-state index contributed by atoms with van der Waals surface area (Å²) in [5.41, 5.74) is 3.47. The van der Waals surface area contributed by atoms with Crippen LogP contribution in [-0.4, -0.2) is 15.4 Å². The average Bonchev–Trinajstić information content (AvgIpc) is 2.23. The summed E-state index contributed by atoms with van der Waals surface area (Å²) in [7, 11) is 0. The second-order valence-electron chi connectivity index (χ2n) is 3.27. The minimum absolute atomic E-state index is 0.815. The molecule has 14 heavy (non-hydrogen) atoms. The van der Waals surface area contributed by atoms with E-state index in [0.29, 0.717) is 0 Å². The Bertz CT molecular complexity index is 395. The third kappa shape index (κ3) is 2.13. The molecule has 1 aromatic heterocycles. The van der Waals surface area contributed by atoms with Gasteiger partial charge in [0.2, 0.25) is 0 Å². The summed E-state index contributed by atoms with van der Waals surface area (Å²) < 4.78 is 0. The fourth-order valence-electron chi connectivity index (χ4n) is 1.28. The maximum absolute atomic E-state index is 3.94. The summed E-state index contributed by atoms with van der Waals surface area (Å²) in [4.78, 5) is 0. The van der Waals surface area contributed by atoms with Gasteiger partial charge in [-0.25, -0.2) is 0 Å². The van der Waals surface area contributed by atoms with Crippen molar-refractivity contribution in [3.8, 4) is 0 Å². The van der Waals surface area contributed by atoms with Gasteiger partial charge in [-0.1, -0.05) is 29.8 Å². The highest BCUT2D eigenvalue weighted by Crippen LogP contribution is 2.07. The van der Waals surface area contributed by atoms with E-state index < -0.39 is 0 Å². The van der Waals surface area contributed by atoms with E-state index in [4.69, 9.17) is 0 Å². The van der Waals surface area contributed by atoms with E-state index in [2.05, 4.69) is 46.6 Å². The largest absolute Gasteiger partial charge is 0.139 e. The fraction of sp³-hybridized carbons (Fsp3) is 0.182. The summed E-state index contributed by atoms with van der Waals surface area (Å²) >= 11 is 0. The van der Waals surface area contributed by atoms with Crippen LogP contribution in [-0.2, 0) is 6.42 Å². The number of nitrogens with zero attached hydrogens (tertiary/aromatic N) is 3. The summed E-state index contributed by atoms with van der Waals surface area (Å²) in [6.45, 7) is 2.08. The number of hydrogen-bond acceptors (Lipinski definition) is 3. The van der Waals surface area contributed by atoms with Gasteiger partial charge in [-0.05, 0) is 23.8 Å². The fourth-order valence-corrected chi connectivity index (χ4v) is 1.28. The Hall–Kier alpha value is -1.77. The lowest BCUT2D eigenvalue weighted by atomic mass is 10.1. The van der Waals surface area contributed by atoms with E-state index >= 15 is 0 Å². The van der Waals surface area contributed by atoms with Crippen molar-refractivity contribution < 1.29 is 0 Å². The van der Waals surface area contributed by atoms with Crippen LogP contribution >= 0.6 is 0 Å². The van der Waals surface area contributed by atoms with Crippen molar-refractivity contribution in [2.24, 2.45) is 0 Å². The van der Waals surface area contributed by atoms with Gasteiger partial charge < -0.3 is 0 Å². The highest BCUT2D eigenvalue weighted by atomic mass is 15.3. The lowest BCUT2D eigenvalue weighted by Crippen LogP contribution is -1.95. The Labute approximate surface area is 82.8 Å². The van der Waals surface area contributed by atoms with Gasteiger partial charge in [0, 0.05) is 6.42 Å². The SMILES string of the molecule is Cc1ccc(Cc2ccnnn2)cc1. The van der Waals surface area contributed by atoms with E-state index in [1.54, 1.807) is 6.20 Å². The highest BCUT2D eigenvalue weighted by Gasteiger charge is 1.96. The molecule has 0 radical (unpaired) electrons. The molecule has 2 rings (SSSR count). The molecule has 0 atom stereocenters. The summed E-state index contributed by atoms with van der Waals surface area (Å²) in [6.07, 6.45) is 2.48. The number of aromatic nitrogens is 3. The molecule has 3 nitrogen and oxygen atoms in total. The van der Waals surface area contributed by atoms with E-state index in [9.17, 15) is 0 Å². The molecule has 3 heteroatoms. The minimum Gasteiger partial charge on any atom is -0.139 e. The summed E-state index contributed by atoms with van der Waals surface area (Å²) in [5, 5.41) is 11.2. The Morgan fingerprint density at radius 1 is 1.07 bits per heavy atom. The van der Waals surface area contributed by atoms with E-state index in [-0.39, 0.29) is 0 Å². The molecule has 0 aliphatic heterocycles. The van der Waals surface area contributed by atoms with Crippen molar-refractivity contribution in [3.63, 3.8) is 0 Å². The average molecular weight is 185 g/mol. The van der Waals surface area contributed by atoms with Crippen LogP contribution in [0.25, 0.3) is 0 Å². The van der Waals surface area contributed by atoms with Gasteiger partial charge in [0.25, 0.3) is 0 Å². The Balaban J connectivity index is 2.16. The molecule has 0 aliphatic carbocycles. The standard InChI is InChI=1S/C11H11N3/c1-9-2-4-10(5-3-9)8-11-6-7-12-14-13-11/h2-7H,8H2,1H3. The maximum Gasteiger partial charge on any atom is 0.0708 e. The molecule has 0 spiro atoms. The zero-order valence-corrected chi connectivity index (χ0v) is 8.01. The Morgan fingerprint density at radius 2 is 1.86 bits per heavy atom. The number of aryl methyl sites for hydroxylation is 1. The topological polar surface area (TPSA) is 38.7 Å². The third-order valence-corrected chi connectivity index (χ3v) is 2.06. The van der Waals surface area contributed by atoms with E-state index in [0.717, 1.165) is 12.1 Å². The first-order valence-corrected chi connectivity index (χ1v) is 4.53. The van der Waals surface area contributed by atoms with Gasteiger partial charge in [0.15, 0.2) is 0 Å². The number of hydrogen-bond donors (Lipinski definition) is 0. The van der Waals surface area contributed by atoms with Crippen LogP contribution in [0.2, 0.25) is 0 Å². The number of rotatable bonds is 2. The quantitative estimate of drug-likeness (QED) is 0.715. The maximum atomic E-state index is 3.94. The first-order chi connectivity index (χ1) is 6.84. The van der Waals surface area contributed by atoms with Crippen molar-refractivity contribution in [1.29, 1.82) is 0 Å². The molecule has 1 aromatic carbocycles. The zero-order valence-electron chi connectivity index (χ0n) is 8.01. The molecule has 2 aromatic rings. The Kier molecular flexibility index (Phi) is 2.49. The lowest BCUT2D eigenvalue weighted by Gasteiger charge is -1.99. The van der Waals surface area contributed by atoms with Gasteiger partial charge in [0.1, 0.15) is 0 Å².